The summed E-state index contributed by atoms with van der Waals surface area (Å²) in [7, 11) is -8.37. The Labute approximate surface area is 177 Å². The van der Waals surface area contributed by atoms with E-state index in [0.717, 1.165) is 11.9 Å². The van der Waals surface area contributed by atoms with Gasteiger partial charge in [-0.2, -0.15) is 0 Å². The maximum absolute atomic E-state index is 12.1. The Morgan fingerprint density at radius 2 is 1.39 bits per heavy atom. The summed E-state index contributed by atoms with van der Waals surface area (Å²) in [5.41, 5.74) is 0. The van der Waals surface area contributed by atoms with Crippen LogP contribution in [0.25, 0.3) is 0 Å². The van der Waals surface area contributed by atoms with Gasteiger partial charge in [-0.3, -0.25) is 4.79 Å². The van der Waals surface area contributed by atoms with Crippen molar-refractivity contribution in [2.24, 2.45) is 0 Å². The first-order valence-electron chi connectivity index (χ1n) is 9.58. The maximum atomic E-state index is 12.1. The molecule has 31 heavy (non-hydrogen) atoms. The predicted octanol–water partition coefficient (Wildman–Crippen LogP) is 1.74. The predicted molar refractivity (Wildman–Crippen MR) is 104 cm³/mol. The van der Waals surface area contributed by atoms with Crippen LogP contribution in [-0.4, -0.2) is 85.7 Å². The summed E-state index contributed by atoms with van der Waals surface area (Å²) in [5, 5.41) is 56.1. The fourth-order valence-electron chi connectivity index (χ4n) is 2.59. The zero-order chi connectivity index (χ0) is 24.5. The fourth-order valence-corrected chi connectivity index (χ4v) is 3.09. The van der Waals surface area contributed by atoms with Gasteiger partial charge in [0.05, 0.1) is 12.0 Å². The largest absolute Gasteiger partial charge is 0.394 e. The van der Waals surface area contributed by atoms with E-state index < -0.39 is 58.8 Å². The minimum absolute atomic E-state index is 0.0533. The Kier molecular flexibility index (Phi) is 10.8. The third-order valence-corrected chi connectivity index (χ3v) is 5.20. The van der Waals surface area contributed by atoms with E-state index in [2.05, 4.69) is 0 Å². The van der Waals surface area contributed by atoms with Crippen molar-refractivity contribution in [3.63, 3.8) is 0 Å². The third kappa shape index (κ3) is 13.2. The van der Waals surface area contributed by atoms with Crippen LogP contribution in [0.3, 0.4) is 0 Å². The quantitative estimate of drug-likeness (QED) is 0.117. The lowest BCUT2D eigenvalue weighted by Gasteiger charge is -2.36. The highest BCUT2D eigenvalue weighted by Gasteiger charge is 2.60. The number of carbonyl (C=O) groups excluding carboxylic acids is 1. The molecule has 0 aromatic heterocycles. The molecule has 0 aromatic carbocycles. The van der Waals surface area contributed by atoms with Gasteiger partial charge in [0, 0.05) is 13.5 Å². The van der Waals surface area contributed by atoms with Crippen molar-refractivity contribution in [2.75, 3.05) is 13.7 Å². The van der Waals surface area contributed by atoms with Gasteiger partial charge in [-0.15, -0.1) is 0 Å². The number of hydrogen-bond acceptors (Lipinski definition) is 7. The topological polar surface area (TPSA) is 142 Å². The highest BCUT2D eigenvalue weighted by atomic mass is 32.5. The van der Waals surface area contributed by atoms with Gasteiger partial charge in [0.2, 0.25) is 5.91 Å². The number of nitrogens with zero attached hydrogens (tertiary/aromatic N) is 1. The number of likely N-dealkylation sites (N-methyl/N-ethyl adjacent to an activating group) is 1. The van der Waals surface area contributed by atoms with Gasteiger partial charge < -0.3 is 35.5 Å². The fraction of sp³-hybridized carbons (Fsp3) is 0.824. The lowest BCUT2D eigenvalue weighted by Crippen LogP contribution is -2.55. The van der Waals surface area contributed by atoms with Crippen molar-refractivity contribution in [3.8, 4) is 0 Å². The van der Waals surface area contributed by atoms with Gasteiger partial charge in [-0.25, -0.2) is 0 Å². The molecule has 0 rings (SSSR count). The Bertz CT molecular complexity index is 593. The smallest absolute Gasteiger partial charge is 0.304 e. The molecule has 0 saturated carbocycles. The highest BCUT2D eigenvalue weighted by Crippen LogP contribution is 2.98. The first-order chi connectivity index (χ1) is 13.9. The van der Waals surface area contributed by atoms with Crippen LogP contribution in [0.4, 0.5) is 19.4 Å². The van der Waals surface area contributed by atoms with E-state index in [1.807, 2.05) is 0 Å². The average molecular weight is 490 g/mol. The minimum atomic E-state index is -9.51. The molecular formula is C17H32F5NO7S. The van der Waals surface area contributed by atoms with E-state index in [1.165, 1.54) is 0 Å². The maximum Gasteiger partial charge on any atom is 0.304 e. The number of unbranched alkanes of at least 4 members (excludes halogenated alkanes) is 5. The van der Waals surface area contributed by atoms with E-state index in [0.29, 0.717) is 31.8 Å². The molecule has 0 aliphatic heterocycles. The zero-order valence-corrected chi connectivity index (χ0v) is 17.9. The third-order valence-electron chi connectivity index (χ3n) is 4.49. The first kappa shape index (κ1) is 30.0. The van der Waals surface area contributed by atoms with Crippen LogP contribution in [0.5, 0.6) is 0 Å². The van der Waals surface area contributed by atoms with Crippen molar-refractivity contribution >= 4 is 16.1 Å². The van der Waals surface area contributed by atoms with Crippen molar-refractivity contribution in [2.45, 2.75) is 75.6 Å². The lowest BCUT2D eigenvalue weighted by molar-refractivity contribution is -0.175. The Balaban J connectivity index is 4.20. The second kappa shape index (κ2) is 11.2. The summed E-state index contributed by atoms with van der Waals surface area (Å²) in [6.45, 7) is -0.901. The van der Waals surface area contributed by atoms with Crippen molar-refractivity contribution in [1.29, 1.82) is 0 Å². The minimum Gasteiger partial charge on any atom is -0.394 e. The van der Waals surface area contributed by atoms with Gasteiger partial charge in [-0.05, 0) is 19.3 Å². The van der Waals surface area contributed by atoms with E-state index >= 15 is 0 Å². The second-order valence-electron chi connectivity index (χ2n) is 7.35. The van der Waals surface area contributed by atoms with Gasteiger partial charge >= 0.3 is 10.2 Å². The molecule has 0 spiro atoms. The molecule has 8 nitrogen and oxygen atoms in total. The Morgan fingerprint density at radius 1 is 0.871 bits per heavy atom. The zero-order valence-electron chi connectivity index (χ0n) is 17.0. The molecule has 188 valence electrons. The van der Waals surface area contributed by atoms with Crippen molar-refractivity contribution in [3.05, 3.63) is 11.5 Å². The number of amides is 1. The summed E-state index contributed by atoms with van der Waals surface area (Å²) >= 11 is 0. The SMILES string of the molecule is CN(C(=O)CCCCCCCC=CS(F)(F)(F)(F)F)C(O)C(O)C(O)C(O)C(O)CO. The molecule has 5 unspecified atom stereocenters. The molecule has 0 aliphatic rings. The van der Waals surface area contributed by atoms with E-state index in [-0.39, 0.29) is 19.3 Å². The Morgan fingerprint density at radius 3 is 1.90 bits per heavy atom. The van der Waals surface area contributed by atoms with Crippen LogP contribution in [0.1, 0.15) is 44.9 Å². The van der Waals surface area contributed by atoms with Crippen molar-refractivity contribution in [1.82, 2.24) is 4.90 Å². The molecule has 0 aromatic rings. The molecule has 0 saturated heterocycles. The molecule has 5 atom stereocenters. The first-order valence-corrected chi connectivity index (χ1v) is 11.6. The van der Waals surface area contributed by atoms with E-state index in [9.17, 15) is 49.8 Å². The molecule has 0 heterocycles. The summed E-state index contributed by atoms with van der Waals surface area (Å²) in [6.07, 6.45) is -7.37. The summed E-state index contributed by atoms with van der Waals surface area (Å²) in [6, 6.07) is 0. The molecule has 0 fully saturated rings. The average Bonchev–Trinajstić information content (AvgIpc) is 2.66. The number of allylic oxidation sites excluding steroid dienone is 1. The standard InChI is InChI=1S/C17H32F5NO7S/c1-23(17(30)16(29)15(28)14(27)12(25)11-24)13(26)9-7-5-3-2-4-6-8-10-31(18,19,20,21)22/h8,10,12,14-17,24-25,27-30H,2-7,9,11H2,1H3. The van der Waals surface area contributed by atoms with Crippen LogP contribution in [0, 0.1) is 0 Å². The summed E-state index contributed by atoms with van der Waals surface area (Å²) in [5.74, 6) is -0.602. The number of aliphatic hydroxyl groups excluding tert-OH is 6. The normalized spacial score (nSPS) is 19.9. The number of carbonyl (C=O) groups is 1. The highest BCUT2D eigenvalue weighted by molar-refractivity contribution is 8.48. The summed E-state index contributed by atoms with van der Waals surface area (Å²) < 4.78 is 60.4. The number of halogens is 5. The van der Waals surface area contributed by atoms with Crippen LogP contribution >= 0.6 is 10.2 Å². The summed E-state index contributed by atoms with van der Waals surface area (Å²) in [4.78, 5) is 12.8. The molecule has 0 radical (unpaired) electrons. The van der Waals surface area contributed by atoms with Crippen LogP contribution in [0.15, 0.2) is 11.5 Å². The number of hydrogen-bond donors (Lipinski definition) is 6. The van der Waals surface area contributed by atoms with Crippen LogP contribution in [-0.2, 0) is 4.79 Å². The van der Waals surface area contributed by atoms with Gasteiger partial charge in [-0.1, -0.05) is 44.8 Å². The molecule has 1 amide bonds. The molecule has 0 bridgehead atoms. The van der Waals surface area contributed by atoms with Gasteiger partial charge in [0.1, 0.15) is 24.4 Å². The molecule has 6 N–H and O–H groups in total. The number of rotatable bonds is 15. The number of aliphatic hydroxyl groups is 6. The lowest BCUT2D eigenvalue weighted by atomic mass is 10.0. The van der Waals surface area contributed by atoms with E-state index in [1.54, 1.807) is 0 Å². The van der Waals surface area contributed by atoms with Crippen LogP contribution in [0.2, 0.25) is 0 Å². The monoisotopic (exact) mass is 489 g/mol. The molecule has 14 heteroatoms. The molecule has 0 aliphatic carbocycles. The second-order valence-corrected chi connectivity index (χ2v) is 9.68. The van der Waals surface area contributed by atoms with Crippen LogP contribution < -0.4 is 0 Å². The van der Waals surface area contributed by atoms with E-state index in [4.69, 9.17) is 5.11 Å². The van der Waals surface area contributed by atoms with Gasteiger partial charge in [0.15, 0.2) is 6.23 Å². The molecular weight excluding hydrogens is 457 g/mol. The van der Waals surface area contributed by atoms with Gasteiger partial charge in [0.25, 0.3) is 0 Å². The Hall–Kier alpha value is -1.03. The van der Waals surface area contributed by atoms with Crippen molar-refractivity contribution < 1.29 is 54.9 Å².